The zero-order chi connectivity index (χ0) is 17.0. The standard InChI is InChI=1S/C13H12F3N3O3S/c14-13(15,16)8-1-3-9(4-2-8)18-11(21)17-5-6-19-10(20)7-23-12(19)22/h1-4H,5-7H2,(H2,17,18,21). The predicted molar refractivity (Wildman–Crippen MR) is 78.0 cm³/mol. The van der Waals surface area contributed by atoms with Gasteiger partial charge < -0.3 is 10.6 Å². The number of hydrogen-bond donors (Lipinski definition) is 2. The van der Waals surface area contributed by atoms with Gasteiger partial charge in [0, 0.05) is 18.8 Å². The van der Waals surface area contributed by atoms with Gasteiger partial charge in [0.05, 0.1) is 11.3 Å². The average Bonchev–Trinajstić information content (AvgIpc) is 2.78. The monoisotopic (exact) mass is 347 g/mol. The highest BCUT2D eigenvalue weighted by atomic mass is 32.2. The Morgan fingerprint density at radius 2 is 1.87 bits per heavy atom. The van der Waals surface area contributed by atoms with E-state index in [1.54, 1.807) is 0 Å². The molecule has 1 saturated heterocycles. The Hall–Kier alpha value is -2.23. The molecule has 1 aromatic rings. The molecular formula is C13H12F3N3O3S. The van der Waals surface area contributed by atoms with E-state index in [4.69, 9.17) is 0 Å². The minimum Gasteiger partial charge on any atom is -0.336 e. The predicted octanol–water partition coefficient (Wildman–Crippen LogP) is 2.52. The Labute approximate surface area is 133 Å². The lowest BCUT2D eigenvalue weighted by atomic mass is 10.2. The highest BCUT2D eigenvalue weighted by Gasteiger charge is 2.30. The van der Waals surface area contributed by atoms with Crippen LogP contribution in [0.1, 0.15) is 5.56 Å². The molecule has 2 rings (SSSR count). The lowest BCUT2D eigenvalue weighted by Crippen LogP contribution is -2.39. The highest BCUT2D eigenvalue weighted by Crippen LogP contribution is 2.29. The van der Waals surface area contributed by atoms with E-state index >= 15 is 0 Å². The molecule has 1 heterocycles. The van der Waals surface area contributed by atoms with E-state index in [0.29, 0.717) is 0 Å². The van der Waals surface area contributed by atoms with E-state index in [0.717, 1.165) is 40.9 Å². The van der Waals surface area contributed by atoms with Gasteiger partial charge in [-0.1, -0.05) is 11.8 Å². The summed E-state index contributed by atoms with van der Waals surface area (Å²) in [7, 11) is 0. The van der Waals surface area contributed by atoms with Crippen LogP contribution in [-0.4, -0.2) is 40.9 Å². The number of thioether (sulfide) groups is 1. The van der Waals surface area contributed by atoms with Crippen LogP contribution >= 0.6 is 11.8 Å². The number of amides is 4. The van der Waals surface area contributed by atoms with Gasteiger partial charge in [0.1, 0.15) is 0 Å². The van der Waals surface area contributed by atoms with Crippen LogP contribution in [0.5, 0.6) is 0 Å². The van der Waals surface area contributed by atoms with Crippen LogP contribution in [0, 0.1) is 0 Å². The van der Waals surface area contributed by atoms with Gasteiger partial charge in [-0.2, -0.15) is 13.2 Å². The number of urea groups is 1. The summed E-state index contributed by atoms with van der Waals surface area (Å²) < 4.78 is 37.2. The third-order valence-electron chi connectivity index (χ3n) is 2.93. The first-order valence-corrected chi connectivity index (χ1v) is 7.45. The number of imide groups is 1. The molecule has 1 fully saturated rings. The number of benzene rings is 1. The number of carbonyl (C=O) groups excluding carboxylic acids is 3. The maximum Gasteiger partial charge on any atom is 0.416 e. The summed E-state index contributed by atoms with van der Waals surface area (Å²) in [6.07, 6.45) is -4.44. The van der Waals surface area contributed by atoms with Crippen LogP contribution in [-0.2, 0) is 11.0 Å². The van der Waals surface area contributed by atoms with Crippen LogP contribution in [0.15, 0.2) is 24.3 Å². The molecule has 0 spiro atoms. The normalized spacial score (nSPS) is 15.0. The summed E-state index contributed by atoms with van der Waals surface area (Å²) in [6, 6.07) is 3.33. The van der Waals surface area contributed by atoms with Crippen molar-refractivity contribution in [3.8, 4) is 0 Å². The van der Waals surface area contributed by atoms with E-state index in [2.05, 4.69) is 10.6 Å². The van der Waals surface area contributed by atoms with Gasteiger partial charge >= 0.3 is 12.2 Å². The van der Waals surface area contributed by atoms with Crippen molar-refractivity contribution in [1.29, 1.82) is 0 Å². The first-order valence-electron chi connectivity index (χ1n) is 6.46. The molecule has 6 nitrogen and oxygen atoms in total. The maximum atomic E-state index is 12.4. The SMILES string of the molecule is O=C(NCCN1C(=O)CSC1=O)Nc1ccc(C(F)(F)F)cc1. The van der Waals surface area contributed by atoms with Crippen molar-refractivity contribution in [3.05, 3.63) is 29.8 Å². The Balaban J connectivity index is 1.79. The molecule has 1 aliphatic heterocycles. The van der Waals surface area contributed by atoms with E-state index in [1.807, 2.05) is 0 Å². The maximum absolute atomic E-state index is 12.4. The van der Waals surface area contributed by atoms with Gasteiger partial charge in [0.2, 0.25) is 5.91 Å². The number of carbonyl (C=O) groups is 3. The summed E-state index contributed by atoms with van der Waals surface area (Å²) >= 11 is 0.895. The number of halogens is 3. The quantitative estimate of drug-likeness (QED) is 0.877. The summed E-state index contributed by atoms with van der Waals surface area (Å²) in [5, 5.41) is 4.41. The van der Waals surface area contributed by atoms with Gasteiger partial charge in [0.15, 0.2) is 0 Å². The zero-order valence-electron chi connectivity index (χ0n) is 11.6. The van der Waals surface area contributed by atoms with Crippen molar-refractivity contribution in [3.63, 3.8) is 0 Å². The first kappa shape index (κ1) is 17.1. The fraction of sp³-hybridized carbons (Fsp3) is 0.308. The van der Waals surface area contributed by atoms with Crippen LogP contribution in [0.25, 0.3) is 0 Å². The zero-order valence-corrected chi connectivity index (χ0v) is 12.5. The van der Waals surface area contributed by atoms with Crippen LogP contribution < -0.4 is 10.6 Å². The first-order chi connectivity index (χ1) is 10.8. The van der Waals surface area contributed by atoms with Crippen molar-refractivity contribution in [1.82, 2.24) is 10.2 Å². The number of nitrogens with one attached hydrogen (secondary N) is 2. The molecule has 0 unspecified atom stereocenters. The molecule has 1 aromatic carbocycles. The number of anilines is 1. The van der Waals surface area contributed by atoms with Gasteiger partial charge in [0.25, 0.3) is 5.24 Å². The smallest absolute Gasteiger partial charge is 0.336 e. The lowest BCUT2D eigenvalue weighted by molar-refractivity contribution is -0.137. The van der Waals surface area contributed by atoms with Crippen molar-refractivity contribution in [2.75, 3.05) is 24.2 Å². The molecule has 10 heteroatoms. The molecule has 0 aromatic heterocycles. The molecule has 2 N–H and O–H groups in total. The van der Waals surface area contributed by atoms with E-state index in [1.165, 1.54) is 0 Å². The Morgan fingerprint density at radius 3 is 2.39 bits per heavy atom. The number of rotatable bonds is 4. The summed E-state index contributed by atoms with van der Waals surface area (Å²) in [5.41, 5.74) is -0.619. The largest absolute Gasteiger partial charge is 0.416 e. The molecule has 4 amide bonds. The van der Waals surface area contributed by atoms with Crippen LogP contribution in [0.4, 0.5) is 28.4 Å². The van der Waals surface area contributed by atoms with Crippen molar-refractivity contribution in [2.45, 2.75) is 6.18 Å². The van der Waals surface area contributed by atoms with E-state index < -0.39 is 17.8 Å². The van der Waals surface area contributed by atoms with E-state index in [9.17, 15) is 27.6 Å². The molecule has 0 bridgehead atoms. The number of alkyl halides is 3. The Kier molecular flexibility index (Phi) is 5.14. The van der Waals surface area contributed by atoms with Crippen LogP contribution in [0.2, 0.25) is 0 Å². The second-order valence-corrected chi connectivity index (χ2v) is 5.48. The molecule has 0 aliphatic carbocycles. The summed E-state index contributed by atoms with van der Waals surface area (Å²) in [6.45, 7) is 0.0929. The average molecular weight is 347 g/mol. The third-order valence-corrected chi connectivity index (χ3v) is 3.79. The van der Waals surface area contributed by atoms with Gasteiger partial charge in [-0.3, -0.25) is 14.5 Å². The fourth-order valence-electron chi connectivity index (χ4n) is 1.80. The van der Waals surface area contributed by atoms with Gasteiger partial charge in [-0.15, -0.1) is 0 Å². The topological polar surface area (TPSA) is 78.5 Å². The fourth-order valence-corrected chi connectivity index (χ4v) is 2.55. The summed E-state index contributed by atoms with van der Waals surface area (Å²) in [4.78, 5) is 35.3. The third kappa shape index (κ3) is 4.62. The summed E-state index contributed by atoms with van der Waals surface area (Å²) in [5.74, 6) is -0.221. The Bertz CT molecular complexity index is 603. The second-order valence-electron chi connectivity index (χ2n) is 4.56. The molecule has 124 valence electrons. The minimum atomic E-state index is -4.44. The molecule has 0 atom stereocenters. The van der Waals surface area contributed by atoms with Gasteiger partial charge in [-0.25, -0.2) is 4.79 Å². The number of nitrogens with zero attached hydrogens (tertiary/aromatic N) is 1. The molecule has 0 radical (unpaired) electrons. The van der Waals surface area contributed by atoms with Crippen molar-refractivity contribution < 1.29 is 27.6 Å². The molecular weight excluding hydrogens is 335 g/mol. The second kappa shape index (κ2) is 6.90. The van der Waals surface area contributed by atoms with Gasteiger partial charge in [-0.05, 0) is 24.3 Å². The van der Waals surface area contributed by atoms with Crippen LogP contribution in [0.3, 0.4) is 0 Å². The number of hydrogen-bond acceptors (Lipinski definition) is 4. The molecule has 1 aliphatic rings. The van der Waals surface area contributed by atoms with Crippen molar-refractivity contribution in [2.24, 2.45) is 0 Å². The molecule has 23 heavy (non-hydrogen) atoms. The molecule has 0 saturated carbocycles. The highest BCUT2D eigenvalue weighted by molar-refractivity contribution is 8.14. The Morgan fingerprint density at radius 1 is 1.22 bits per heavy atom. The lowest BCUT2D eigenvalue weighted by Gasteiger charge is -2.13. The minimum absolute atomic E-state index is 0.0461. The van der Waals surface area contributed by atoms with Crippen molar-refractivity contribution >= 4 is 34.6 Å². The van der Waals surface area contributed by atoms with E-state index in [-0.39, 0.29) is 35.7 Å².